The number of benzene rings is 2. The second-order valence-electron chi connectivity index (χ2n) is 5.87. The first-order valence-corrected chi connectivity index (χ1v) is 8.20. The minimum atomic E-state index is -0.576. The van der Waals surface area contributed by atoms with Gasteiger partial charge in [-0.15, -0.1) is 0 Å². The van der Waals surface area contributed by atoms with Crippen LogP contribution >= 0.6 is 0 Å². The molecule has 132 valence electrons. The summed E-state index contributed by atoms with van der Waals surface area (Å²) >= 11 is 0. The molecule has 4 N–H and O–H groups in total. The van der Waals surface area contributed by atoms with Crippen LogP contribution in [0.4, 0.5) is 0 Å². The topological polar surface area (TPSA) is 82.6 Å². The van der Waals surface area contributed by atoms with Gasteiger partial charge < -0.3 is 21.0 Å². The van der Waals surface area contributed by atoms with E-state index in [9.17, 15) is 5.11 Å². The van der Waals surface area contributed by atoms with Crippen molar-refractivity contribution in [3.63, 3.8) is 0 Å². The Balaban J connectivity index is 1.97. The Morgan fingerprint density at radius 2 is 1.88 bits per heavy atom. The summed E-state index contributed by atoms with van der Waals surface area (Å²) in [5, 5.41) is 17.3. The number of phenols is 1. The molecule has 0 saturated heterocycles. The molecule has 0 aliphatic rings. The highest BCUT2D eigenvalue weighted by Gasteiger charge is 2.18. The summed E-state index contributed by atoms with van der Waals surface area (Å²) in [7, 11) is 2.03. The zero-order chi connectivity index (χ0) is 18.1. The molecule has 0 spiro atoms. The largest absolute Gasteiger partial charge is 0.508 e. The minimum Gasteiger partial charge on any atom is -0.508 e. The van der Waals surface area contributed by atoms with Gasteiger partial charge in [0.25, 0.3) is 0 Å². The molecule has 5 heteroatoms. The van der Waals surface area contributed by atoms with Crippen molar-refractivity contribution in [2.45, 2.75) is 12.6 Å². The molecular formula is C20H25N3O2. The predicted octanol–water partition coefficient (Wildman–Crippen LogP) is 3.07. The van der Waals surface area contributed by atoms with Gasteiger partial charge in [0.15, 0.2) is 0 Å². The number of nitrogens with one attached hydrogen (secondary N) is 1. The molecule has 2 aromatic carbocycles. The van der Waals surface area contributed by atoms with E-state index < -0.39 is 6.10 Å². The molecule has 0 saturated carbocycles. The Morgan fingerprint density at radius 1 is 1.20 bits per heavy atom. The van der Waals surface area contributed by atoms with Gasteiger partial charge in [-0.05, 0) is 24.8 Å². The summed E-state index contributed by atoms with van der Waals surface area (Å²) in [6, 6.07) is 17.2. The van der Waals surface area contributed by atoms with Crippen LogP contribution in [0, 0.1) is 5.41 Å². The van der Waals surface area contributed by atoms with Gasteiger partial charge in [-0.3, -0.25) is 4.90 Å². The molecule has 0 fully saturated rings. The molecule has 5 nitrogen and oxygen atoms in total. The monoisotopic (exact) mass is 339 g/mol. The Morgan fingerprint density at radius 3 is 2.56 bits per heavy atom. The summed E-state index contributed by atoms with van der Waals surface area (Å²) in [4.78, 5) is 2.16. The lowest BCUT2D eigenvalue weighted by Gasteiger charge is -2.22. The number of phenolic OH excluding ortho intramolecular Hbond substituents is 1. The summed E-state index contributed by atoms with van der Waals surface area (Å²) in [5.74, 6) is 0.131. The van der Waals surface area contributed by atoms with E-state index in [0.29, 0.717) is 17.9 Å². The fourth-order valence-corrected chi connectivity index (χ4v) is 2.56. The molecule has 0 radical (unpaired) electrons. The molecule has 0 bridgehead atoms. The minimum absolute atomic E-state index is 0.131. The van der Waals surface area contributed by atoms with Crippen LogP contribution in [-0.2, 0) is 11.3 Å². The number of para-hydroxylation sites is 1. The van der Waals surface area contributed by atoms with Crippen molar-refractivity contribution in [2.24, 2.45) is 5.73 Å². The van der Waals surface area contributed by atoms with Crippen molar-refractivity contribution in [2.75, 3.05) is 20.2 Å². The summed E-state index contributed by atoms with van der Waals surface area (Å²) in [5.41, 5.74) is 8.26. The first kappa shape index (κ1) is 18.7. The third kappa shape index (κ3) is 5.74. The number of nitrogens with zero attached hydrogens (tertiary/aromatic N) is 1. The molecule has 1 unspecified atom stereocenters. The summed E-state index contributed by atoms with van der Waals surface area (Å²) < 4.78 is 5.93. The molecule has 0 aliphatic carbocycles. The fourth-order valence-electron chi connectivity index (χ4n) is 2.56. The Kier molecular flexibility index (Phi) is 7.19. The van der Waals surface area contributed by atoms with Gasteiger partial charge in [0.1, 0.15) is 11.9 Å². The summed E-state index contributed by atoms with van der Waals surface area (Å²) in [6.45, 7) is 2.00. The lowest BCUT2D eigenvalue weighted by molar-refractivity contribution is 0.0590. The Hall–Kier alpha value is -2.63. The van der Waals surface area contributed by atoms with Crippen molar-refractivity contribution in [3.8, 4) is 5.75 Å². The highest BCUT2D eigenvalue weighted by molar-refractivity contribution is 5.69. The molecule has 2 rings (SSSR count). The smallest absolute Gasteiger partial charge is 0.125 e. The van der Waals surface area contributed by atoms with Gasteiger partial charge in [-0.2, -0.15) is 0 Å². The zero-order valence-corrected chi connectivity index (χ0v) is 14.4. The fraction of sp³-hybridized carbons (Fsp3) is 0.250. The van der Waals surface area contributed by atoms with E-state index in [4.69, 9.17) is 15.9 Å². The number of hydrogen-bond donors (Lipinski definition) is 3. The van der Waals surface area contributed by atoms with Crippen LogP contribution in [0.2, 0.25) is 0 Å². The van der Waals surface area contributed by atoms with Crippen LogP contribution in [0.25, 0.3) is 0 Å². The molecular weight excluding hydrogens is 314 g/mol. The lowest BCUT2D eigenvalue weighted by Crippen LogP contribution is -2.25. The number of likely N-dealkylation sites (N-methyl/N-ethyl adjacent to an activating group) is 1. The van der Waals surface area contributed by atoms with Crippen molar-refractivity contribution < 1.29 is 9.84 Å². The highest BCUT2D eigenvalue weighted by atomic mass is 16.5. The number of rotatable bonds is 9. The maximum Gasteiger partial charge on any atom is 0.125 e. The maximum absolute atomic E-state index is 10.1. The average molecular weight is 339 g/mol. The van der Waals surface area contributed by atoms with Crippen LogP contribution < -0.4 is 5.73 Å². The highest BCUT2D eigenvalue weighted by Crippen LogP contribution is 2.29. The second kappa shape index (κ2) is 9.61. The number of allylic oxidation sites excluding steroid dienone is 1. The van der Waals surface area contributed by atoms with E-state index in [0.717, 1.165) is 19.3 Å². The molecule has 0 heterocycles. The van der Waals surface area contributed by atoms with Crippen LogP contribution in [0.5, 0.6) is 5.75 Å². The first-order chi connectivity index (χ1) is 12.1. The quantitative estimate of drug-likeness (QED) is 0.613. The Bertz CT molecular complexity index is 701. The Labute approximate surface area is 148 Å². The molecule has 25 heavy (non-hydrogen) atoms. The molecule has 1 atom stereocenters. The number of hydrogen-bond acceptors (Lipinski definition) is 5. The average Bonchev–Trinajstić information content (AvgIpc) is 2.61. The summed E-state index contributed by atoms with van der Waals surface area (Å²) in [6.07, 6.45) is 2.02. The SMILES string of the molecule is CN(CCOC(/C(N)=C/C=N)c1ccccc1O)Cc1ccccc1. The third-order valence-corrected chi connectivity index (χ3v) is 3.85. The van der Waals surface area contributed by atoms with Gasteiger partial charge in [0, 0.05) is 30.6 Å². The van der Waals surface area contributed by atoms with Gasteiger partial charge in [0.2, 0.25) is 0 Å². The van der Waals surface area contributed by atoms with Crippen LogP contribution in [0.15, 0.2) is 66.4 Å². The van der Waals surface area contributed by atoms with Crippen molar-refractivity contribution in [1.29, 1.82) is 5.41 Å². The molecule has 2 aromatic rings. The van der Waals surface area contributed by atoms with E-state index in [1.807, 2.05) is 31.3 Å². The van der Waals surface area contributed by atoms with Crippen molar-refractivity contribution in [3.05, 3.63) is 77.5 Å². The van der Waals surface area contributed by atoms with E-state index in [2.05, 4.69) is 17.0 Å². The van der Waals surface area contributed by atoms with Crippen LogP contribution in [0.1, 0.15) is 17.2 Å². The number of ether oxygens (including phenoxy) is 1. The zero-order valence-electron chi connectivity index (χ0n) is 14.4. The lowest BCUT2D eigenvalue weighted by atomic mass is 10.1. The second-order valence-corrected chi connectivity index (χ2v) is 5.87. The first-order valence-electron chi connectivity index (χ1n) is 8.20. The van der Waals surface area contributed by atoms with Crippen LogP contribution in [0.3, 0.4) is 0 Å². The van der Waals surface area contributed by atoms with Crippen molar-refractivity contribution >= 4 is 6.21 Å². The number of nitrogens with two attached hydrogens (primary N) is 1. The van der Waals surface area contributed by atoms with E-state index >= 15 is 0 Å². The molecule has 0 aromatic heterocycles. The van der Waals surface area contributed by atoms with E-state index in [1.54, 1.807) is 18.2 Å². The van der Waals surface area contributed by atoms with Gasteiger partial charge in [-0.1, -0.05) is 48.5 Å². The van der Waals surface area contributed by atoms with Gasteiger partial charge in [0.05, 0.1) is 6.61 Å². The predicted molar refractivity (Wildman–Crippen MR) is 101 cm³/mol. The maximum atomic E-state index is 10.1. The van der Waals surface area contributed by atoms with Crippen molar-refractivity contribution in [1.82, 2.24) is 4.90 Å². The standard InChI is InChI=1S/C20H25N3O2/c1-23(15-16-7-3-2-4-8-16)13-14-25-20(18(22)11-12-21)17-9-5-6-10-19(17)24/h2-12,20-21,24H,13-15,22H2,1H3/b18-11-,21-12?. The van der Waals surface area contributed by atoms with E-state index in [1.165, 1.54) is 11.6 Å². The van der Waals surface area contributed by atoms with Gasteiger partial charge in [-0.25, -0.2) is 0 Å². The van der Waals surface area contributed by atoms with E-state index in [-0.39, 0.29) is 5.75 Å². The van der Waals surface area contributed by atoms with Gasteiger partial charge >= 0.3 is 0 Å². The third-order valence-electron chi connectivity index (χ3n) is 3.85. The molecule has 0 amide bonds. The van der Waals surface area contributed by atoms with Crippen LogP contribution in [-0.4, -0.2) is 36.4 Å². The molecule has 0 aliphatic heterocycles. The number of aromatic hydroxyl groups is 1. The normalized spacial score (nSPS) is 13.0.